The summed E-state index contributed by atoms with van der Waals surface area (Å²) in [6.45, 7) is 2.01. The van der Waals surface area contributed by atoms with Gasteiger partial charge in [-0.15, -0.1) is 0 Å². The fourth-order valence-electron chi connectivity index (χ4n) is 3.29. The highest BCUT2D eigenvalue weighted by atomic mass is 35.5. The lowest BCUT2D eigenvalue weighted by Crippen LogP contribution is -2.26. The molecule has 1 atom stereocenters. The maximum atomic E-state index is 12.4. The van der Waals surface area contributed by atoms with Crippen molar-refractivity contribution in [3.8, 4) is 0 Å². The van der Waals surface area contributed by atoms with E-state index in [9.17, 15) is 8.42 Å². The predicted octanol–water partition coefficient (Wildman–Crippen LogP) is 4.31. The summed E-state index contributed by atoms with van der Waals surface area (Å²) >= 11 is 6.43. The van der Waals surface area contributed by atoms with Crippen LogP contribution in [0, 0.1) is 6.92 Å². The Hall–Kier alpha value is -2.44. The summed E-state index contributed by atoms with van der Waals surface area (Å²) in [4.78, 5) is 4.44. The minimum absolute atomic E-state index is 0.299. The van der Waals surface area contributed by atoms with E-state index in [1.807, 2.05) is 61.5 Å². The lowest BCUT2D eigenvalue weighted by Gasteiger charge is -2.22. The van der Waals surface area contributed by atoms with Crippen LogP contribution >= 0.6 is 11.6 Å². The van der Waals surface area contributed by atoms with Crippen molar-refractivity contribution >= 4 is 38.2 Å². The van der Waals surface area contributed by atoms with Crippen molar-refractivity contribution in [2.75, 3.05) is 6.26 Å². The lowest BCUT2D eigenvalue weighted by molar-refractivity contribution is 0.374. The Bertz CT molecular complexity index is 1160. The van der Waals surface area contributed by atoms with Crippen LogP contribution in [0.3, 0.4) is 0 Å². The maximum Gasteiger partial charge on any atom is 0.247 e. The smallest absolute Gasteiger partial charge is 0.236 e. The van der Waals surface area contributed by atoms with Crippen molar-refractivity contribution < 1.29 is 8.42 Å². The number of hydrogen-bond donors (Lipinski definition) is 0. The molecule has 0 fully saturated rings. The van der Waals surface area contributed by atoms with Crippen LogP contribution in [0.1, 0.15) is 29.2 Å². The number of pyridine rings is 1. The number of rotatable bonds is 3. The molecule has 138 valence electrons. The minimum Gasteiger partial charge on any atom is -0.236 e. The van der Waals surface area contributed by atoms with Gasteiger partial charge in [0, 0.05) is 17.4 Å². The van der Waals surface area contributed by atoms with Crippen LogP contribution < -0.4 is 0 Å². The van der Waals surface area contributed by atoms with Crippen LogP contribution in [-0.2, 0) is 10.0 Å². The van der Waals surface area contributed by atoms with E-state index in [0.29, 0.717) is 17.1 Å². The second-order valence-electron chi connectivity index (χ2n) is 6.73. The van der Waals surface area contributed by atoms with Gasteiger partial charge in [0.2, 0.25) is 10.0 Å². The molecule has 3 aromatic rings. The number of fused-ring (bicyclic) bond motifs is 1. The van der Waals surface area contributed by atoms with Gasteiger partial charge in [-0.1, -0.05) is 59.6 Å². The quantitative estimate of drug-likeness (QED) is 0.616. The van der Waals surface area contributed by atoms with Crippen molar-refractivity contribution in [1.82, 2.24) is 9.40 Å². The molecule has 2 aromatic carbocycles. The van der Waals surface area contributed by atoms with Gasteiger partial charge in [-0.25, -0.2) is 13.4 Å². The molecule has 5 nitrogen and oxygen atoms in total. The van der Waals surface area contributed by atoms with Gasteiger partial charge < -0.3 is 0 Å². The van der Waals surface area contributed by atoms with Crippen LogP contribution in [0.15, 0.2) is 59.7 Å². The van der Waals surface area contributed by atoms with Crippen molar-refractivity contribution in [2.24, 2.45) is 5.10 Å². The first-order valence-electron chi connectivity index (χ1n) is 8.52. The zero-order valence-corrected chi connectivity index (χ0v) is 16.5. The molecule has 4 rings (SSSR count). The summed E-state index contributed by atoms with van der Waals surface area (Å²) in [5.41, 5.74) is 4.19. The van der Waals surface area contributed by atoms with Crippen LogP contribution in [0.2, 0.25) is 5.15 Å². The number of aryl methyl sites for hydroxylation is 1. The van der Waals surface area contributed by atoms with Crippen molar-refractivity contribution in [2.45, 2.75) is 19.4 Å². The van der Waals surface area contributed by atoms with Gasteiger partial charge in [0.1, 0.15) is 5.15 Å². The Morgan fingerprint density at radius 1 is 1.11 bits per heavy atom. The monoisotopic (exact) mass is 399 g/mol. The van der Waals surface area contributed by atoms with Gasteiger partial charge in [0.05, 0.1) is 23.5 Å². The molecule has 0 unspecified atom stereocenters. The number of halogens is 1. The molecule has 0 N–H and O–H groups in total. The average molecular weight is 400 g/mol. The fourth-order valence-corrected chi connectivity index (χ4v) is 4.46. The van der Waals surface area contributed by atoms with Gasteiger partial charge in [0.25, 0.3) is 0 Å². The number of aromatic nitrogens is 1. The molecule has 0 saturated carbocycles. The molecule has 0 aliphatic carbocycles. The number of para-hydroxylation sites is 1. The normalized spacial score (nSPS) is 17.4. The molecule has 27 heavy (non-hydrogen) atoms. The Balaban J connectivity index is 1.80. The van der Waals surface area contributed by atoms with Crippen molar-refractivity contribution in [1.29, 1.82) is 0 Å². The first kappa shape index (κ1) is 17.9. The highest BCUT2D eigenvalue weighted by Gasteiger charge is 2.36. The van der Waals surface area contributed by atoms with Crippen LogP contribution in [0.25, 0.3) is 10.9 Å². The Morgan fingerprint density at radius 3 is 2.52 bits per heavy atom. The van der Waals surface area contributed by atoms with Crippen LogP contribution in [0.4, 0.5) is 0 Å². The van der Waals surface area contributed by atoms with E-state index < -0.39 is 16.1 Å². The van der Waals surface area contributed by atoms with E-state index in [-0.39, 0.29) is 0 Å². The highest BCUT2D eigenvalue weighted by molar-refractivity contribution is 7.88. The van der Waals surface area contributed by atoms with Gasteiger partial charge in [-0.05, 0) is 24.6 Å². The van der Waals surface area contributed by atoms with Crippen LogP contribution in [-0.4, -0.2) is 29.8 Å². The molecule has 2 heterocycles. The Kier molecular flexibility index (Phi) is 4.40. The summed E-state index contributed by atoms with van der Waals surface area (Å²) in [5, 5.41) is 5.62. The van der Waals surface area contributed by atoms with Gasteiger partial charge in [-0.3, -0.25) is 0 Å². The van der Waals surface area contributed by atoms with Gasteiger partial charge in [0.15, 0.2) is 0 Å². The molecule has 1 aromatic heterocycles. The largest absolute Gasteiger partial charge is 0.247 e. The molecular weight excluding hydrogens is 382 g/mol. The first-order valence-corrected chi connectivity index (χ1v) is 10.7. The van der Waals surface area contributed by atoms with Crippen LogP contribution in [0.5, 0.6) is 0 Å². The van der Waals surface area contributed by atoms with Gasteiger partial charge >= 0.3 is 0 Å². The predicted molar refractivity (Wildman–Crippen MR) is 109 cm³/mol. The van der Waals surface area contributed by atoms with E-state index >= 15 is 0 Å². The van der Waals surface area contributed by atoms with Gasteiger partial charge in [-0.2, -0.15) is 9.52 Å². The lowest BCUT2D eigenvalue weighted by atomic mass is 9.98. The second kappa shape index (κ2) is 6.62. The molecule has 1 aliphatic rings. The summed E-state index contributed by atoms with van der Waals surface area (Å²) < 4.78 is 25.9. The second-order valence-corrected chi connectivity index (χ2v) is 8.93. The molecule has 0 radical (unpaired) electrons. The zero-order valence-electron chi connectivity index (χ0n) is 14.9. The number of sulfonamides is 1. The fraction of sp³-hybridized carbons (Fsp3) is 0.200. The summed E-state index contributed by atoms with van der Waals surface area (Å²) in [6, 6.07) is 16.9. The number of hydrogen-bond acceptors (Lipinski definition) is 4. The molecule has 7 heteroatoms. The van der Waals surface area contributed by atoms with E-state index in [1.54, 1.807) is 0 Å². The molecule has 0 bridgehead atoms. The van der Waals surface area contributed by atoms with Crippen molar-refractivity contribution in [3.63, 3.8) is 0 Å². The molecule has 1 aliphatic heterocycles. The zero-order chi connectivity index (χ0) is 19.2. The average Bonchev–Trinajstić information content (AvgIpc) is 3.07. The third kappa shape index (κ3) is 3.42. The summed E-state index contributed by atoms with van der Waals surface area (Å²) in [5.74, 6) is 0. The van der Waals surface area contributed by atoms with E-state index in [2.05, 4.69) is 10.1 Å². The standard InChI is InChI=1S/C20H18ClN3O2S/c1-13-7-9-14(10-8-13)18-12-19(24(23-18)27(2,25)26)16-11-15-5-3-4-6-17(15)22-20(16)21/h3-11,19H,12H2,1-2H3/t19-/m0/s1. The SMILES string of the molecule is Cc1ccc(C2=NN(S(C)(=O)=O)[C@H](c3cc4ccccc4nc3Cl)C2)cc1. The molecule has 0 amide bonds. The number of benzene rings is 2. The number of nitrogens with zero attached hydrogens (tertiary/aromatic N) is 3. The number of hydrazone groups is 1. The Morgan fingerprint density at radius 2 is 1.81 bits per heavy atom. The summed E-state index contributed by atoms with van der Waals surface area (Å²) in [7, 11) is -3.56. The van der Waals surface area contributed by atoms with E-state index in [0.717, 1.165) is 38.4 Å². The van der Waals surface area contributed by atoms with Crippen molar-refractivity contribution in [3.05, 3.63) is 76.4 Å². The summed E-state index contributed by atoms with van der Waals surface area (Å²) in [6.07, 6.45) is 1.60. The minimum atomic E-state index is -3.56. The molecular formula is C20H18ClN3O2S. The Labute approximate surface area is 163 Å². The van der Waals surface area contributed by atoms with E-state index in [4.69, 9.17) is 11.6 Å². The third-order valence-corrected chi connectivity index (χ3v) is 5.98. The highest BCUT2D eigenvalue weighted by Crippen LogP contribution is 2.38. The molecule has 0 spiro atoms. The molecule has 0 saturated heterocycles. The topological polar surface area (TPSA) is 62.6 Å². The van der Waals surface area contributed by atoms with E-state index in [1.165, 1.54) is 0 Å². The first-order chi connectivity index (χ1) is 12.8. The third-order valence-electron chi connectivity index (χ3n) is 4.66. The maximum absolute atomic E-state index is 12.4.